The Balaban J connectivity index is 1.62. The second kappa shape index (κ2) is 7.50. The van der Waals surface area contributed by atoms with Crippen molar-refractivity contribution in [3.05, 3.63) is 65.2 Å². The Morgan fingerprint density at radius 3 is 2.62 bits per heavy atom. The molecule has 5 nitrogen and oxygen atoms in total. The van der Waals surface area contributed by atoms with Gasteiger partial charge in [-0.05, 0) is 55.5 Å². The molecule has 26 heavy (non-hydrogen) atoms. The lowest BCUT2D eigenvalue weighted by Crippen LogP contribution is -2.33. The first-order valence-electron chi connectivity index (χ1n) is 8.80. The fourth-order valence-electron chi connectivity index (χ4n) is 3.26. The highest BCUT2D eigenvalue weighted by Gasteiger charge is 2.26. The van der Waals surface area contributed by atoms with Crippen LogP contribution in [-0.4, -0.2) is 33.2 Å². The molecular weight excluding hydrogens is 348 g/mol. The van der Waals surface area contributed by atoms with Crippen LogP contribution in [0.4, 0.5) is 5.69 Å². The van der Waals surface area contributed by atoms with E-state index in [1.165, 1.54) is 16.1 Å². The fraction of sp³-hybridized carbons (Fsp3) is 0.350. The number of hydrogen-bond acceptors (Lipinski definition) is 3. The zero-order valence-corrected chi connectivity index (χ0v) is 15.9. The van der Waals surface area contributed by atoms with Crippen LogP contribution in [0, 0.1) is 0 Å². The van der Waals surface area contributed by atoms with Crippen molar-refractivity contribution < 1.29 is 13.2 Å². The van der Waals surface area contributed by atoms with E-state index in [2.05, 4.69) is 17.4 Å². The molecule has 0 spiro atoms. The van der Waals surface area contributed by atoms with Gasteiger partial charge < -0.3 is 5.32 Å². The molecule has 6 heteroatoms. The quantitative estimate of drug-likeness (QED) is 0.848. The van der Waals surface area contributed by atoms with Gasteiger partial charge in [0.15, 0.2) is 0 Å². The van der Waals surface area contributed by atoms with Gasteiger partial charge in [0.2, 0.25) is 10.0 Å². The normalized spacial score (nSPS) is 14.8. The van der Waals surface area contributed by atoms with Gasteiger partial charge in [-0.15, -0.1) is 0 Å². The van der Waals surface area contributed by atoms with Crippen LogP contribution in [0.5, 0.6) is 0 Å². The molecule has 3 rings (SSSR count). The van der Waals surface area contributed by atoms with Crippen molar-refractivity contribution in [3.8, 4) is 0 Å². The van der Waals surface area contributed by atoms with E-state index in [1.54, 1.807) is 18.2 Å². The van der Waals surface area contributed by atoms with Crippen LogP contribution in [-0.2, 0) is 22.9 Å². The van der Waals surface area contributed by atoms with Gasteiger partial charge in [0.05, 0.1) is 11.9 Å². The Kier molecular flexibility index (Phi) is 5.32. The number of fused-ring (bicyclic) bond motifs is 1. The Bertz CT molecular complexity index is 895. The van der Waals surface area contributed by atoms with Gasteiger partial charge >= 0.3 is 0 Å². The van der Waals surface area contributed by atoms with Crippen molar-refractivity contribution in [2.24, 2.45) is 0 Å². The first-order chi connectivity index (χ1) is 12.3. The molecule has 138 valence electrons. The summed E-state index contributed by atoms with van der Waals surface area (Å²) in [5.41, 5.74) is 3.42. The molecule has 1 unspecified atom stereocenters. The molecule has 2 aromatic rings. The van der Waals surface area contributed by atoms with E-state index in [0.29, 0.717) is 24.2 Å². The summed E-state index contributed by atoms with van der Waals surface area (Å²) < 4.78 is 25.0. The maximum Gasteiger partial charge on any atom is 0.251 e. The third kappa shape index (κ3) is 4.25. The molecule has 0 saturated heterocycles. The summed E-state index contributed by atoms with van der Waals surface area (Å²) in [7, 11) is -3.27. The van der Waals surface area contributed by atoms with Crippen LogP contribution in [0.25, 0.3) is 0 Å². The average Bonchev–Trinajstić information content (AvgIpc) is 3.04. The zero-order valence-electron chi connectivity index (χ0n) is 15.1. The van der Waals surface area contributed by atoms with Gasteiger partial charge in [-0.2, -0.15) is 0 Å². The summed E-state index contributed by atoms with van der Waals surface area (Å²) in [5, 5.41) is 3.03. The summed E-state index contributed by atoms with van der Waals surface area (Å²) in [6, 6.07) is 15.5. The number of aryl methyl sites for hydroxylation is 1. The van der Waals surface area contributed by atoms with Crippen LogP contribution >= 0.6 is 0 Å². The number of nitrogens with one attached hydrogen (secondary N) is 1. The number of nitrogens with zero attached hydrogens (tertiary/aromatic N) is 1. The van der Waals surface area contributed by atoms with Gasteiger partial charge in [0.25, 0.3) is 5.91 Å². The van der Waals surface area contributed by atoms with E-state index in [0.717, 1.165) is 18.4 Å². The average molecular weight is 372 g/mol. The maximum absolute atomic E-state index is 12.5. The smallest absolute Gasteiger partial charge is 0.251 e. The molecule has 0 saturated carbocycles. The Labute approximate surface area is 155 Å². The monoisotopic (exact) mass is 372 g/mol. The first kappa shape index (κ1) is 18.5. The number of carbonyl (C=O) groups excluding carboxylic acids is 1. The lowest BCUT2D eigenvalue weighted by molar-refractivity contribution is 0.0938. The molecule has 1 heterocycles. The van der Waals surface area contributed by atoms with E-state index >= 15 is 0 Å². The SMILES string of the molecule is CC(CCc1ccccc1)NC(=O)c1ccc2c(c1)CCN2S(C)(=O)=O. The molecular formula is C20H24N2O3S. The predicted molar refractivity (Wildman–Crippen MR) is 104 cm³/mol. The molecule has 0 aliphatic carbocycles. The van der Waals surface area contributed by atoms with E-state index < -0.39 is 10.0 Å². The predicted octanol–water partition coefficient (Wildman–Crippen LogP) is 2.76. The molecule has 1 aliphatic heterocycles. The van der Waals surface area contributed by atoms with Gasteiger partial charge in [0.1, 0.15) is 0 Å². The van der Waals surface area contributed by atoms with Crippen LogP contribution < -0.4 is 9.62 Å². The second-order valence-electron chi connectivity index (χ2n) is 6.83. The lowest BCUT2D eigenvalue weighted by Gasteiger charge is -2.17. The third-order valence-corrected chi connectivity index (χ3v) is 5.86. The molecule has 1 aliphatic rings. The molecule has 2 aromatic carbocycles. The van der Waals surface area contributed by atoms with E-state index in [9.17, 15) is 13.2 Å². The minimum atomic E-state index is -3.27. The van der Waals surface area contributed by atoms with Crippen molar-refractivity contribution in [2.45, 2.75) is 32.2 Å². The molecule has 1 N–H and O–H groups in total. The third-order valence-electron chi connectivity index (χ3n) is 4.68. The number of anilines is 1. The van der Waals surface area contributed by atoms with Crippen LogP contribution in [0.2, 0.25) is 0 Å². The van der Waals surface area contributed by atoms with E-state index in [1.807, 2.05) is 25.1 Å². The van der Waals surface area contributed by atoms with Gasteiger partial charge in [-0.25, -0.2) is 8.42 Å². The summed E-state index contributed by atoms with van der Waals surface area (Å²) in [6.45, 7) is 2.44. The van der Waals surface area contributed by atoms with Gasteiger partial charge in [-0.3, -0.25) is 9.10 Å². The highest BCUT2D eigenvalue weighted by Crippen LogP contribution is 2.30. The molecule has 0 bridgehead atoms. The number of benzene rings is 2. The largest absolute Gasteiger partial charge is 0.350 e. The fourth-order valence-corrected chi connectivity index (χ4v) is 4.22. The van der Waals surface area contributed by atoms with Crippen LogP contribution in [0.3, 0.4) is 0 Å². The number of carbonyl (C=O) groups is 1. The standard InChI is InChI=1S/C20H24N2O3S/c1-15(8-9-16-6-4-3-5-7-16)21-20(23)18-10-11-19-17(14-18)12-13-22(19)26(2,24)25/h3-7,10-11,14-15H,8-9,12-13H2,1-2H3,(H,21,23). The minimum Gasteiger partial charge on any atom is -0.350 e. The van der Waals surface area contributed by atoms with E-state index in [-0.39, 0.29) is 11.9 Å². The van der Waals surface area contributed by atoms with Crippen LogP contribution in [0.15, 0.2) is 48.5 Å². The van der Waals surface area contributed by atoms with Crippen molar-refractivity contribution >= 4 is 21.6 Å². The Morgan fingerprint density at radius 2 is 1.92 bits per heavy atom. The summed E-state index contributed by atoms with van der Waals surface area (Å²) in [5.74, 6) is -0.119. The van der Waals surface area contributed by atoms with Crippen molar-refractivity contribution in [3.63, 3.8) is 0 Å². The van der Waals surface area contributed by atoms with Crippen LogP contribution in [0.1, 0.15) is 34.8 Å². The zero-order chi connectivity index (χ0) is 18.7. The summed E-state index contributed by atoms with van der Waals surface area (Å²) in [4.78, 5) is 12.5. The molecule has 1 amide bonds. The molecule has 1 atom stereocenters. The van der Waals surface area contributed by atoms with Crippen molar-refractivity contribution in [1.29, 1.82) is 0 Å². The maximum atomic E-state index is 12.5. The number of amides is 1. The number of hydrogen-bond donors (Lipinski definition) is 1. The minimum absolute atomic E-state index is 0.0588. The topological polar surface area (TPSA) is 66.5 Å². The van der Waals surface area contributed by atoms with E-state index in [4.69, 9.17) is 0 Å². The van der Waals surface area contributed by atoms with Gasteiger partial charge in [-0.1, -0.05) is 30.3 Å². The molecule has 0 fully saturated rings. The lowest BCUT2D eigenvalue weighted by atomic mass is 10.0. The highest BCUT2D eigenvalue weighted by molar-refractivity contribution is 7.92. The van der Waals surface area contributed by atoms with Gasteiger partial charge in [0, 0.05) is 18.2 Å². The Hall–Kier alpha value is -2.34. The van der Waals surface area contributed by atoms with Crippen molar-refractivity contribution in [2.75, 3.05) is 17.1 Å². The summed E-state index contributed by atoms with van der Waals surface area (Å²) in [6.07, 6.45) is 3.61. The number of rotatable bonds is 6. The first-order valence-corrected chi connectivity index (χ1v) is 10.6. The Morgan fingerprint density at radius 1 is 1.19 bits per heavy atom. The summed E-state index contributed by atoms with van der Waals surface area (Å²) >= 11 is 0. The molecule has 0 radical (unpaired) electrons. The molecule has 0 aromatic heterocycles. The number of sulfonamides is 1. The second-order valence-corrected chi connectivity index (χ2v) is 8.73. The highest BCUT2D eigenvalue weighted by atomic mass is 32.2. The van der Waals surface area contributed by atoms with Crippen molar-refractivity contribution in [1.82, 2.24) is 5.32 Å².